The Morgan fingerprint density at radius 1 is 1.33 bits per heavy atom. The van der Waals surface area contributed by atoms with E-state index in [0.29, 0.717) is 22.1 Å². The van der Waals surface area contributed by atoms with Gasteiger partial charge >= 0.3 is 0 Å². The number of pyridine rings is 1. The van der Waals surface area contributed by atoms with Gasteiger partial charge in [-0.15, -0.1) is 0 Å². The highest BCUT2D eigenvalue weighted by Crippen LogP contribution is 2.22. The molecule has 0 saturated heterocycles. The lowest BCUT2D eigenvalue weighted by atomic mass is 10.2. The number of rotatable bonds is 2. The van der Waals surface area contributed by atoms with Crippen molar-refractivity contribution in [2.45, 2.75) is 0 Å². The molecule has 0 unspecified atom stereocenters. The van der Waals surface area contributed by atoms with Crippen molar-refractivity contribution < 1.29 is 4.79 Å². The molecular weight excluding hydrogens is 365 g/mol. The maximum Gasteiger partial charge on any atom is 0.255 e. The Morgan fingerprint density at radius 2 is 2.11 bits per heavy atom. The average Bonchev–Trinajstić information content (AvgIpc) is 2.32. The van der Waals surface area contributed by atoms with E-state index in [0.717, 1.165) is 3.57 Å². The molecule has 0 aliphatic heterocycles. The van der Waals surface area contributed by atoms with E-state index in [1.165, 1.54) is 12.3 Å². The molecule has 1 heterocycles. The smallest absolute Gasteiger partial charge is 0.255 e. The molecule has 0 fully saturated rings. The van der Waals surface area contributed by atoms with Crippen molar-refractivity contribution in [2.24, 2.45) is 0 Å². The second kappa shape index (κ2) is 5.53. The lowest BCUT2D eigenvalue weighted by Gasteiger charge is -2.07. The van der Waals surface area contributed by atoms with Gasteiger partial charge in [0.1, 0.15) is 5.82 Å². The van der Waals surface area contributed by atoms with Gasteiger partial charge in [0.05, 0.1) is 5.69 Å². The van der Waals surface area contributed by atoms with Crippen LogP contribution < -0.4 is 11.1 Å². The number of anilines is 2. The summed E-state index contributed by atoms with van der Waals surface area (Å²) in [5.41, 5.74) is 6.70. The summed E-state index contributed by atoms with van der Waals surface area (Å²) in [6.45, 7) is 0. The quantitative estimate of drug-likeness (QED) is 0.795. The largest absolute Gasteiger partial charge is 0.384 e. The van der Waals surface area contributed by atoms with Crippen LogP contribution >= 0.6 is 34.2 Å². The van der Waals surface area contributed by atoms with E-state index in [2.05, 4.69) is 32.9 Å². The summed E-state index contributed by atoms with van der Waals surface area (Å²) in [6, 6.07) is 8.39. The Hall–Kier alpha value is -1.34. The van der Waals surface area contributed by atoms with Gasteiger partial charge in [-0.3, -0.25) is 4.79 Å². The number of hydrogen-bond donors (Lipinski definition) is 2. The van der Waals surface area contributed by atoms with Crippen LogP contribution in [0.3, 0.4) is 0 Å². The number of benzene rings is 1. The fraction of sp³-hybridized carbons (Fsp3) is 0. The fourth-order valence-corrected chi connectivity index (χ4v) is 2.38. The number of hydrogen-bond acceptors (Lipinski definition) is 3. The number of carbonyl (C=O) groups excluding carboxylic acids is 1. The van der Waals surface area contributed by atoms with Crippen LogP contribution in [0.2, 0.25) is 5.02 Å². The van der Waals surface area contributed by atoms with Crippen molar-refractivity contribution in [1.82, 2.24) is 4.98 Å². The second-order valence-electron chi connectivity index (χ2n) is 3.55. The molecule has 0 aliphatic carbocycles. The summed E-state index contributed by atoms with van der Waals surface area (Å²) < 4.78 is 0.871. The Labute approximate surface area is 123 Å². The SMILES string of the molecule is Nc1cc(C(=O)Nc2ccc(Cl)cc2I)ccn1. The average molecular weight is 374 g/mol. The standard InChI is InChI=1S/C12H9ClIN3O/c13-8-1-2-10(9(14)6-8)17-12(18)7-3-4-16-11(15)5-7/h1-6H,(H2,15,16)(H,17,18). The minimum absolute atomic E-state index is 0.232. The number of nitrogen functional groups attached to an aromatic ring is 1. The molecule has 0 bridgehead atoms. The number of nitrogens with zero attached hydrogens (tertiary/aromatic N) is 1. The number of aromatic nitrogens is 1. The van der Waals surface area contributed by atoms with Crippen LogP contribution in [0.1, 0.15) is 10.4 Å². The van der Waals surface area contributed by atoms with Gasteiger partial charge in [0.2, 0.25) is 0 Å². The Kier molecular flexibility index (Phi) is 4.03. The first kappa shape index (κ1) is 13.1. The zero-order valence-corrected chi connectivity index (χ0v) is 12.1. The molecule has 0 radical (unpaired) electrons. The summed E-state index contributed by atoms with van der Waals surface area (Å²) in [5, 5.41) is 3.42. The van der Waals surface area contributed by atoms with Crippen LogP contribution in [-0.4, -0.2) is 10.9 Å². The molecule has 1 aromatic heterocycles. The third kappa shape index (κ3) is 3.11. The molecule has 4 nitrogen and oxygen atoms in total. The van der Waals surface area contributed by atoms with Crippen molar-refractivity contribution in [3.05, 3.63) is 50.7 Å². The molecule has 0 saturated carbocycles. The van der Waals surface area contributed by atoms with Crippen LogP contribution in [0.15, 0.2) is 36.5 Å². The molecule has 0 aliphatic rings. The zero-order chi connectivity index (χ0) is 13.1. The van der Waals surface area contributed by atoms with Gasteiger partial charge in [-0.05, 0) is 52.9 Å². The predicted molar refractivity (Wildman–Crippen MR) is 80.8 cm³/mol. The lowest BCUT2D eigenvalue weighted by Crippen LogP contribution is -2.13. The summed E-state index contributed by atoms with van der Waals surface area (Å²) >= 11 is 7.96. The van der Waals surface area contributed by atoms with Crippen molar-refractivity contribution >= 4 is 51.6 Å². The number of amides is 1. The monoisotopic (exact) mass is 373 g/mol. The zero-order valence-electron chi connectivity index (χ0n) is 9.15. The van der Waals surface area contributed by atoms with E-state index in [4.69, 9.17) is 17.3 Å². The number of nitrogens with two attached hydrogens (primary N) is 1. The predicted octanol–water partition coefficient (Wildman–Crippen LogP) is 3.17. The third-order valence-corrected chi connectivity index (χ3v) is 3.35. The van der Waals surface area contributed by atoms with Crippen molar-refractivity contribution in [1.29, 1.82) is 0 Å². The van der Waals surface area contributed by atoms with Crippen LogP contribution in [0.5, 0.6) is 0 Å². The first-order chi connectivity index (χ1) is 8.56. The van der Waals surface area contributed by atoms with Gasteiger partial charge in [0.15, 0.2) is 0 Å². The highest BCUT2D eigenvalue weighted by atomic mass is 127. The molecule has 6 heteroatoms. The maximum atomic E-state index is 12.0. The molecule has 2 rings (SSSR count). The van der Waals surface area contributed by atoms with Gasteiger partial charge in [0, 0.05) is 20.4 Å². The van der Waals surface area contributed by atoms with Gasteiger partial charge in [0.25, 0.3) is 5.91 Å². The van der Waals surface area contributed by atoms with Crippen molar-refractivity contribution in [2.75, 3.05) is 11.1 Å². The summed E-state index contributed by atoms with van der Waals surface area (Å²) in [7, 11) is 0. The van der Waals surface area contributed by atoms with Crippen LogP contribution in [0.25, 0.3) is 0 Å². The van der Waals surface area contributed by atoms with E-state index in [1.54, 1.807) is 24.3 Å². The molecule has 0 atom stereocenters. The topological polar surface area (TPSA) is 68.0 Å². The lowest BCUT2D eigenvalue weighted by molar-refractivity contribution is 0.102. The minimum atomic E-state index is -0.232. The minimum Gasteiger partial charge on any atom is -0.384 e. The van der Waals surface area contributed by atoms with Gasteiger partial charge < -0.3 is 11.1 Å². The van der Waals surface area contributed by atoms with E-state index >= 15 is 0 Å². The van der Waals surface area contributed by atoms with Crippen LogP contribution in [0, 0.1) is 3.57 Å². The van der Waals surface area contributed by atoms with Gasteiger partial charge in [-0.2, -0.15) is 0 Å². The van der Waals surface area contributed by atoms with Crippen LogP contribution in [0.4, 0.5) is 11.5 Å². The Morgan fingerprint density at radius 3 is 2.78 bits per heavy atom. The molecule has 0 spiro atoms. The molecule has 92 valence electrons. The highest BCUT2D eigenvalue weighted by Gasteiger charge is 2.08. The maximum absolute atomic E-state index is 12.0. The summed E-state index contributed by atoms with van der Waals surface area (Å²) in [4.78, 5) is 15.8. The molecular formula is C12H9ClIN3O. The Bertz CT molecular complexity index is 604. The molecule has 2 aromatic rings. The van der Waals surface area contributed by atoms with E-state index in [1.807, 2.05) is 0 Å². The molecule has 18 heavy (non-hydrogen) atoms. The van der Waals surface area contributed by atoms with Gasteiger partial charge in [-0.25, -0.2) is 4.98 Å². The first-order valence-electron chi connectivity index (χ1n) is 5.04. The van der Waals surface area contributed by atoms with E-state index in [-0.39, 0.29) is 5.91 Å². The first-order valence-corrected chi connectivity index (χ1v) is 6.50. The number of carbonyl (C=O) groups is 1. The van der Waals surface area contributed by atoms with Crippen LogP contribution in [-0.2, 0) is 0 Å². The second-order valence-corrected chi connectivity index (χ2v) is 5.15. The third-order valence-electron chi connectivity index (χ3n) is 2.22. The highest BCUT2D eigenvalue weighted by molar-refractivity contribution is 14.1. The molecule has 3 N–H and O–H groups in total. The summed E-state index contributed by atoms with van der Waals surface area (Å²) in [6.07, 6.45) is 1.50. The molecule has 1 aromatic carbocycles. The van der Waals surface area contributed by atoms with Crippen molar-refractivity contribution in [3.8, 4) is 0 Å². The van der Waals surface area contributed by atoms with E-state index in [9.17, 15) is 4.79 Å². The number of nitrogens with one attached hydrogen (secondary N) is 1. The molecule has 1 amide bonds. The number of halogens is 2. The summed E-state index contributed by atoms with van der Waals surface area (Å²) in [5.74, 6) is 0.0813. The normalized spacial score (nSPS) is 10.1. The van der Waals surface area contributed by atoms with Gasteiger partial charge in [-0.1, -0.05) is 11.6 Å². The van der Waals surface area contributed by atoms with Crippen molar-refractivity contribution in [3.63, 3.8) is 0 Å². The van der Waals surface area contributed by atoms with E-state index < -0.39 is 0 Å². The Balaban J connectivity index is 2.21. The fourth-order valence-electron chi connectivity index (χ4n) is 1.37.